The molecule has 0 bridgehead atoms. The fourth-order valence-corrected chi connectivity index (χ4v) is 6.22. The van der Waals surface area contributed by atoms with Gasteiger partial charge in [-0.2, -0.15) is 0 Å². The quantitative estimate of drug-likeness (QED) is 0.635. The number of amides is 2. The molecule has 1 saturated heterocycles. The van der Waals surface area contributed by atoms with Gasteiger partial charge in [-0.15, -0.1) is 0 Å². The van der Waals surface area contributed by atoms with Gasteiger partial charge < -0.3 is 20.1 Å². The van der Waals surface area contributed by atoms with Crippen molar-refractivity contribution in [3.63, 3.8) is 0 Å². The minimum absolute atomic E-state index is 0.0346. The molecule has 35 heavy (non-hydrogen) atoms. The van der Waals surface area contributed by atoms with Crippen LogP contribution in [0.25, 0.3) is 11.1 Å². The highest BCUT2D eigenvalue weighted by atomic mass is 16.5. The van der Waals surface area contributed by atoms with Gasteiger partial charge in [0.15, 0.2) is 0 Å². The number of carboxylic acids is 1. The summed E-state index contributed by atoms with van der Waals surface area (Å²) in [5.41, 5.74) is 4.63. The highest BCUT2D eigenvalue weighted by molar-refractivity contribution is 5.86. The first-order valence-corrected chi connectivity index (χ1v) is 12.6. The second-order valence-corrected chi connectivity index (χ2v) is 10.5. The average Bonchev–Trinajstić information content (AvgIpc) is 3.78. The predicted octanol–water partition coefficient (Wildman–Crippen LogP) is 3.87. The molecule has 4 aliphatic rings. The lowest BCUT2D eigenvalue weighted by Crippen LogP contribution is -2.50. The number of nitrogens with one attached hydrogen (secondary N) is 1. The number of alkyl carbamates (subject to hydrolysis) is 1. The monoisotopic (exact) mass is 474 g/mol. The first-order valence-electron chi connectivity index (χ1n) is 12.6. The van der Waals surface area contributed by atoms with Gasteiger partial charge in [0.25, 0.3) is 0 Å². The van der Waals surface area contributed by atoms with Crippen LogP contribution in [0, 0.1) is 23.7 Å². The van der Waals surface area contributed by atoms with Gasteiger partial charge in [0.05, 0.1) is 5.92 Å². The van der Waals surface area contributed by atoms with E-state index in [0.717, 1.165) is 24.0 Å². The zero-order valence-corrected chi connectivity index (χ0v) is 19.6. The number of carbonyl (C=O) groups excluding carboxylic acids is 2. The zero-order valence-electron chi connectivity index (χ0n) is 19.6. The molecular weight excluding hydrogens is 444 g/mol. The average molecular weight is 475 g/mol. The number of fused-ring (bicyclic) bond motifs is 4. The molecule has 1 aliphatic heterocycles. The third kappa shape index (κ3) is 4.17. The molecule has 6 rings (SSSR count). The SMILES string of the molecule is O=C(N[C@@H](CC1CC1)C(=O)N1CCC2C(C1)C2C(=O)O)OCC1c2ccccc2-c2ccccc21. The van der Waals surface area contributed by atoms with Crippen molar-refractivity contribution in [3.05, 3.63) is 59.7 Å². The number of piperidine rings is 1. The molecule has 182 valence electrons. The summed E-state index contributed by atoms with van der Waals surface area (Å²) in [6, 6.07) is 15.7. The van der Waals surface area contributed by atoms with Gasteiger partial charge in [-0.05, 0) is 52.8 Å². The van der Waals surface area contributed by atoms with Gasteiger partial charge in [-0.1, -0.05) is 61.4 Å². The molecule has 0 aromatic heterocycles. The smallest absolute Gasteiger partial charge is 0.407 e. The Bertz CT molecular complexity index is 1130. The minimum atomic E-state index is -0.763. The Balaban J connectivity index is 1.10. The van der Waals surface area contributed by atoms with Crippen molar-refractivity contribution in [1.82, 2.24) is 10.2 Å². The van der Waals surface area contributed by atoms with Gasteiger partial charge in [0, 0.05) is 19.0 Å². The van der Waals surface area contributed by atoms with Gasteiger partial charge in [-0.25, -0.2) is 4.79 Å². The molecule has 1 heterocycles. The van der Waals surface area contributed by atoms with E-state index in [4.69, 9.17) is 4.74 Å². The maximum atomic E-state index is 13.3. The van der Waals surface area contributed by atoms with E-state index in [1.807, 2.05) is 24.3 Å². The van der Waals surface area contributed by atoms with E-state index in [2.05, 4.69) is 29.6 Å². The third-order valence-electron chi connectivity index (χ3n) is 8.29. The Morgan fingerprint density at radius 1 is 0.971 bits per heavy atom. The number of ether oxygens (including phenoxy) is 1. The van der Waals surface area contributed by atoms with E-state index < -0.39 is 18.1 Å². The summed E-state index contributed by atoms with van der Waals surface area (Å²) < 4.78 is 5.69. The molecule has 3 unspecified atom stereocenters. The number of hydrogen-bond donors (Lipinski definition) is 2. The Morgan fingerprint density at radius 3 is 2.26 bits per heavy atom. The molecule has 3 aliphatic carbocycles. The van der Waals surface area contributed by atoms with Crippen molar-refractivity contribution in [2.75, 3.05) is 19.7 Å². The van der Waals surface area contributed by atoms with E-state index in [-0.39, 0.29) is 36.2 Å². The van der Waals surface area contributed by atoms with Gasteiger partial charge in [0.1, 0.15) is 12.6 Å². The molecule has 2 N–H and O–H groups in total. The second kappa shape index (κ2) is 8.70. The summed E-state index contributed by atoms with van der Waals surface area (Å²) in [7, 11) is 0. The maximum absolute atomic E-state index is 13.3. The van der Waals surface area contributed by atoms with Crippen LogP contribution in [-0.2, 0) is 14.3 Å². The van der Waals surface area contributed by atoms with E-state index in [0.29, 0.717) is 31.8 Å². The normalized spacial score (nSPS) is 25.1. The Labute approximate surface area is 204 Å². The largest absolute Gasteiger partial charge is 0.481 e. The number of hydrogen-bond acceptors (Lipinski definition) is 4. The fourth-order valence-electron chi connectivity index (χ4n) is 6.22. The van der Waals surface area contributed by atoms with Crippen molar-refractivity contribution < 1.29 is 24.2 Å². The topological polar surface area (TPSA) is 95.9 Å². The Hall–Kier alpha value is -3.35. The number of carboxylic acid groups (broad SMARTS) is 1. The van der Waals surface area contributed by atoms with Crippen LogP contribution < -0.4 is 5.32 Å². The van der Waals surface area contributed by atoms with E-state index in [1.54, 1.807) is 4.90 Å². The fraction of sp³-hybridized carbons (Fsp3) is 0.464. The highest BCUT2D eigenvalue weighted by Crippen LogP contribution is 2.52. The van der Waals surface area contributed by atoms with Crippen LogP contribution in [0.3, 0.4) is 0 Å². The molecular formula is C28H30N2O5. The van der Waals surface area contributed by atoms with Crippen LogP contribution in [0.5, 0.6) is 0 Å². The summed E-state index contributed by atoms with van der Waals surface area (Å²) in [4.78, 5) is 39.3. The molecule has 2 amide bonds. The molecule has 7 heteroatoms. The van der Waals surface area contributed by atoms with Crippen LogP contribution in [-0.4, -0.2) is 53.7 Å². The van der Waals surface area contributed by atoms with Crippen LogP contribution >= 0.6 is 0 Å². The van der Waals surface area contributed by atoms with Crippen LogP contribution in [0.4, 0.5) is 4.79 Å². The number of likely N-dealkylation sites (tertiary alicyclic amines) is 1. The van der Waals surface area contributed by atoms with E-state index in [9.17, 15) is 19.5 Å². The molecule has 2 aromatic rings. The summed E-state index contributed by atoms with van der Waals surface area (Å²) in [6.07, 6.45) is 2.89. The standard InChI is InChI=1S/C28H30N2O5/c31-26(30-12-11-21-22(14-30)25(21)27(32)33)24(13-16-9-10-16)29-28(34)35-15-23-19-7-3-1-5-17(19)18-6-2-4-8-20(18)23/h1-8,16,21-25H,9-15H2,(H,29,34)(H,32,33)/t21?,22?,24-,25?/m0/s1. The number of nitrogens with zero attached hydrogens (tertiary/aromatic N) is 1. The summed E-state index contributed by atoms with van der Waals surface area (Å²) in [5, 5.41) is 12.2. The van der Waals surface area contributed by atoms with Crippen molar-refractivity contribution in [3.8, 4) is 11.1 Å². The second-order valence-electron chi connectivity index (χ2n) is 10.5. The van der Waals surface area contributed by atoms with Crippen molar-refractivity contribution in [2.24, 2.45) is 23.7 Å². The van der Waals surface area contributed by atoms with Crippen LogP contribution in [0.1, 0.15) is 42.7 Å². The van der Waals surface area contributed by atoms with E-state index >= 15 is 0 Å². The third-order valence-corrected chi connectivity index (χ3v) is 8.29. The van der Waals surface area contributed by atoms with Gasteiger partial charge in [0.2, 0.25) is 5.91 Å². The summed E-state index contributed by atoms with van der Waals surface area (Å²) in [6.45, 7) is 1.23. The van der Waals surface area contributed by atoms with Crippen molar-refractivity contribution >= 4 is 18.0 Å². The van der Waals surface area contributed by atoms with Crippen molar-refractivity contribution in [2.45, 2.75) is 37.6 Å². The van der Waals surface area contributed by atoms with Crippen LogP contribution in [0.2, 0.25) is 0 Å². The Morgan fingerprint density at radius 2 is 1.63 bits per heavy atom. The van der Waals surface area contributed by atoms with E-state index in [1.165, 1.54) is 11.1 Å². The Kier molecular flexibility index (Phi) is 5.50. The van der Waals surface area contributed by atoms with Crippen LogP contribution in [0.15, 0.2) is 48.5 Å². The highest BCUT2D eigenvalue weighted by Gasteiger charge is 2.57. The number of aliphatic carboxylic acids is 1. The van der Waals surface area contributed by atoms with Gasteiger partial charge in [-0.3, -0.25) is 9.59 Å². The number of benzene rings is 2. The van der Waals surface area contributed by atoms with Crippen molar-refractivity contribution in [1.29, 1.82) is 0 Å². The lowest BCUT2D eigenvalue weighted by molar-refractivity contribution is -0.139. The number of carbonyl (C=O) groups is 3. The lowest BCUT2D eigenvalue weighted by atomic mass is 9.98. The first-order chi connectivity index (χ1) is 17.0. The zero-order chi connectivity index (χ0) is 24.1. The lowest BCUT2D eigenvalue weighted by Gasteiger charge is -2.30. The molecule has 7 nitrogen and oxygen atoms in total. The van der Waals surface area contributed by atoms with Gasteiger partial charge >= 0.3 is 12.1 Å². The predicted molar refractivity (Wildman–Crippen MR) is 129 cm³/mol. The minimum Gasteiger partial charge on any atom is -0.481 e. The maximum Gasteiger partial charge on any atom is 0.407 e. The molecule has 2 aromatic carbocycles. The summed E-state index contributed by atoms with van der Waals surface area (Å²) >= 11 is 0. The molecule has 3 fully saturated rings. The summed E-state index contributed by atoms with van der Waals surface area (Å²) in [5.74, 6) is -0.560. The molecule has 0 spiro atoms. The number of rotatable bonds is 7. The molecule has 4 atom stereocenters. The molecule has 0 radical (unpaired) electrons. The first kappa shape index (κ1) is 22.1. The molecule has 2 saturated carbocycles.